The summed E-state index contributed by atoms with van der Waals surface area (Å²) >= 11 is 0. The molecule has 3 heteroatoms. The van der Waals surface area contributed by atoms with Gasteiger partial charge in [0.25, 0.3) is 0 Å². The van der Waals surface area contributed by atoms with Crippen LogP contribution in [0.4, 0.5) is 0 Å². The number of nitrogens with one attached hydrogen (secondary N) is 1. The number of primary amides is 1. The van der Waals surface area contributed by atoms with E-state index in [2.05, 4.69) is 26.1 Å². The van der Waals surface area contributed by atoms with E-state index in [1.54, 1.807) is 0 Å². The first-order valence-corrected chi connectivity index (χ1v) is 7.94. The van der Waals surface area contributed by atoms with Crippen LogP contribution in [0.15, 0.2) is 0 Å². The van der Waals surface area contributed by atoms with Gasteiger partial charge in [-0.05, 0) is 62.3 Å². The number of rotatable bonds is 6. The van der Waals surface area contributed by atoms with Gasteiger partial charge in [0.2, 0.25) is 5.91 Å². The Kier molecular flexibility index (Phi) is 4.24. The van der Waals surface area contributed by atoms with Crippen LogP contribution < -0.4 is 11.1 Å². The highest BCUT2D eigenvalue weighted by Crippen LogP contribution is 2.43. The molecule has 2 fully saturated rings. The van der Waals surface area contributed by atoms with Crippen molar-refractivity contribution in [2.24, 2.45) is 23.0 Å². The minimum absolute atomic E-state index is 0.138. The quantitative estimate of drug-likeness (QED) is 0.776. The molecule has 1 amide bonds. The van der Waals surface area contributed by atoms with E-state index in [0.29, 0.717) is 5.41 Å². The van der Waals surface area contributed by atoms with Gasteiger partial charge in [-0.2, -0.15) is 0 Å². The van der Waals surface area contributed by atoms with E-state index >= 15 is 0 Å². The molecule has 0 unspecified atom stereocenters. The lowest BCUT2D eigenvalue weighted by Gasteiger charge is -2.44. The van der Waals surface area contributed by atoms with Gasteiger partial charge in [0, 0.05) is 0 Å². The maximum Gasteiger partial charge on any atom is 0.237 e. The smallest absolute Gasteiger partial charge is 0.237 e. The van der Waals surface area contributed by atoms with Crippen LogP contribution in [0.5, 0.6) is 0 Å². The van der Waals surface area contributed by atoms with E-state index in [1.165, 1.54) is 19.3 Å². The Morgan fingerprint density at radius 2 is 1.84 bits per heavy atom. The molecule has 19 heavy (non-hydrogen) atoms. The van der Waals surface area contributed by atoms with Crippen molar-refractivity contribution in [2.75, 3.05) is 6.54 Å². The second-order valence-corrected chi connectivity index (χ2v) is 7.39. The molecule has 2 aliphatic carbocycles. The Hall–Kier alpha value is -0.570. The predicted molar refractivity (Wildman–Crippen MR) is 78.7 cm³/mol. The molecule has 0 aromatic heterocycles. The van der Waals surface area contributed by atoms with Crippen molar-refractivity contribution in [1.29, 1.82) is 0 Å². The lowest BCUT2D eigenvalue weighted by molar-refractivity contribution is -0.126. The topological polar surface area (TPSA) is 55.1 Å². The Morgan fingerprint density at radius 3 is 2.26 bits per heavy atom. The zero-order valence-electron chi connectivity index (χ0n) is 12.8. The van der Waals surface area contributed by atoms with E-state index in [-0.39, 0.29) is 5.91 Å². The Bertz CT molecular complexity index is 326. The van der Waals surface area contributed by atoms with E-state index in [9.17, 15) is 4.79 Å². The van der Waals surface area contributed by atoms with Gasteiger partial charge >= 0.3 is 0 Å². The van der Waals surface area contributed by atoms with Gasteiger partial charge < -0.3 is 11.1 Å². The molecule has 110 valence electrons. The molecule has 0 aliphatic heterocycles. The van der Waals surface area contributed by atoms with Crippen LogP contribution in [0.1, 0.15) is 65.7 Å². The fraction of sp³-hybridized carbons (Fsp3) is 0.938. The highest BCUT2D eigenvalue weighted by molar-refractivity contribution is 5.84. The number of amides is 1. The minimum Gasteiger partial charge on any atom is -0.368 e. The van der Waals surface area contributed by atoms with Crippen molar-refractivity contribution in [2.45, 2.75) is 71.3 Å². The van der Waals surface area contributed by atoms with Gasteiger partial charge in [0.05, 0.1) is 5.54 Å². The molecule has 0 saturated heterocycles. The molecule has 2 aliphatic rings. The van der Waals surface area contributed by atoms with Crippen LogP contribution in [-0.2, 0) is 4.79 Å². The van der Waals surface area contributed by atoms with E-state index < -0.39 is 5.54 Å². The molecular formula is C16H30N2O. The van der Waals surface area contributed by atoms with Gasteiger partial charge in [-0.1, -0.05) is 27.2 Å². The summed E-state index contributed by atoms with van der Waals surface area (Å²) in [6, 6.07) is 0. The molecule has 0 aromatic carbocycles. The molecule has 2 rings (SSSR count). The van der Waals surface area contributed by atoms with Crippen molar-refractivity contribution < 1.29 is 4.79 Å². The molecule has 0 atom stereocenters. The van der Waals surface area contributed by atoms with Crippen molar-refractivity contribution in [3.05, 3.63) is 0 Å². The largest absolute Gasteiger partial charge is 0.368 e. The summed E-state index contributed by atoms with van der Waals surface area (Å²) in [5.74, 6) is 1.38. The van der Waals surface area contributed by atoms with Crippen molar-refractivity contribution in [3.8, 4) is 0 Å². The Balaban J connectivity index is 1.94. The Labute approximate surface area is 117 Å². The number of hydrogen-bond acceptors (Lipinski definition) is 2. The summed E-state index contributed by atoms with van der Waals surface area (Å²) in [5.41, 5.74) is 5.67. The predicted octanol–water partition coefficient (Wildman–Crippen LogP) is 2.84. The van der Waals surface area contributed by atoms with Crippen molar-refractivity contribution in [1.82, 2.24) is 5.32 Å². The third-order valence-corrected chi connectivity index (χ3v) is 5.75. The monoisotopic (exact) mass is 266 g/mol. The molecule has 0 bridgehead atoms. The van der Waals surface area contributed by atoms with Gasteiger partial charge in [0.15, 0.2) is 0 Å². The van der Waals surface area contributed by atoms with Gasteiger partial charge in [-0.15, -0.1) is 0 Å². The number of nitrogens with two attached hydrogens (primary N) is 1. The van der Waals surface area contributed by atoms with Gasteiger partial charge in [-0.25, -0.2) is 0 Å². The number of carbonyl (C=O) groups excluding carboxylic acids is 1. The number of hydrogen-bond donors (Lipinski definition) is 2. The zero-order valence-corrected chi connectivity index (χ0v) is 12.8. The maximum atomic E-state index is 11.9. The lowest BCUT2D eigenvalue weighted by atomic mass is 9.65. The SMILES string of the molecule is CCC(C)(C)C1CCC(NCC2CC2)(C(N)=O)CC1. The van der Waals surface area contributed by atoms with Crippen LogP contribution in [0, 0.1) is 17.3 Å². The molecule has 0 spiro atoms. The van der Waals surface area contributed by atoms with Crippen LogP contribution in [0.3, 0.4) is 0 Å². The molecular weight excluding hydrogens is 236 g/mol. The first-order chi connectivity index (χ1) is 8.89. The Morgan fingerprint density at radius 1 is 1.26 bits per heavy atom. The molecule has 3 nitrogen and oxygen atoms in total. The molecule has 0 heterocycles. The van der Waals surface area contributed by atoms with E-state index in [1.807, 2.05) is 0 Å². The molecule has 3 N–H and O–H groups in total. The summed E-state index contributed by atoms with van der Waals surface area (Å²) in [6.07, 6.45) is 7.92. The summed E-state index contributed by atoms with van der Waals surface area (Å²) in [5, 5.41) is 3.51. The molecule has 0 radical (unpaired) electrons. The average Bonchev–Trinajstić information content (AvgIpc) is 3.20. The summed E-state index contributed by atoms with van der Waals surface area (Å²) in [7, 11) is 0. The first kappa shape index (κ1) is 14.8. The standard InChI is InChI=1S/C16H30N2O/c1-4-15(2,3)13-7-9-16(10-8-13,14(17)19)18-11-12-5-6-12/h12-13,18H,4-11H2,1-3H3,(H2,17,19). The normalized spacial score (nSPS) is 32.3. The molecule has 0 aromatic rings. The van der Waals surface area contributed by atoms with Crippen LogP contribution >= 0.6 is 0 Å². The zero-order chi connectivity index (χ0) is 14.1. The fourth-order valence-electron chi connectivity index (χ4n) is 3.35. The van der Waals surface area contributed by atoms with Gasteiger partial charge in [0.1, 0.15) is 0 Å². The average molecular weight is 266 g/mol. The highest BCUT2D eigenvalue weighted by atomic mass is 16.1. The van der Waals surface area contributed by atoms with Crippen molar-refractivity contribution >= 4 is 5.91 Å². The first-order valence-electron chi connectivity index (χ1n) is 7.94. The van der Waals surface area contributed by atoms with Crippen molar-refractivity contribution in [3.63, 3.8) is 0 Å². The second-order valence-electron chi connectivity index (χ2n) is 7.39. The summed E-state index contributed by atoms with van der Waals surface area (Å²) in [6.45, 7) is 7.95. The minimum atomic E-state index is -0.414. The maximum absolute atomic E-state index is 11.9. The third-order valence-electron chi connectivity index (χ3n) is 5.75. The van der Waals surface area contributed by atoms with E-state index in [4.69, 9.17) is 5.73 Å². The lowest BCUT2D eigenvalue weighted by Crippen LogP contribution is -2.58. The van der Waals surface area contributed by atoms with Crippen LogP contribution in [0.2, 0.25) is 0 Å². The second kappa shape index (κ2) is 5.43. The van der Waals surface area contributed by atoms with Crippen LogP contribution in [0.25, 0.3) is 0 Å². The molecule has 2 saturated carbocycles. The number of carbonyl (C=O) groups is 1. The van der Waals surface area contributed by atoms with Gasteiger partial charge in [-0.3, -0.25) is 4.79 Å². The van der Waals surface area contributed by atoms with E-state index in [0.717, 1.165) is 44.1 Å². The summed E-state index contributed by atoms with van der Waals surface area (Å²) in [4.78, 5) is 11.9. The summed E-state index contributed by atoms with van der Waals surface area (Å²) < 4.78 is 0. The van der Waals surface area contributed by atoms with Crippen LogP contribution in [-0.4, -0.2) is 18.0 Å². The third kappa shape index (κ3) is 3.31. The highest BCUT2D eigenvalue weighted by Gasteiger charge is 2.43. The fourth-order valence-corrected chi connectivity index (χ4v) is 3.35.